The number of thiophene rings is 1. The summed E-state index contributed by atoms with van der Waals surface area (Å²) < 4.78 is 11.0. The molecule has 0 aliphatic heterocycles. The van der Waals surface area contributed by atoms with Crippen LogP contribution in [0.5, 0.6) is 5.75 Å². The van der Waals surface area contributed by atoms with Crippen molar-refractivity contribution in [1.29, 1.82) is 0 Å². The first-order chi connectivity index (χ1) is 12.2. The minimum Gasteiger partial charge on any atom is -0.495 e. The molecule has 0 saturated carbocycles. The fourth-order valence-electron chi connectivity index (χ4n) is 2.34. The molecule has 0 amide bonds. The third-order valence-corrected chi connectivity index (χ3v) is 5.65. The first-order valence-electron chi connectivity index (χ1n) is 7.34. The monoisotopic (exact) mass is 389 g/mol. The fraction of sp³-hybridized carbons (Fsp3) is 0.118. The predicted molar refractivity (Wildman–Crippen MR) is 100 cm³/mol. The fourth-order valence-corrected chi connectivity index (χ4v) is 4.23. The standard InChI is InChI=1S/C17H12ClN3O2S2/c1-22-13-3-2-10(6-12(13)18)14-7-19-15(23-14)8-25-17-11-4-5-24-16(11)20-9-21-17/h2-7,9H,8H2,1H3. The topological polar surface area (TPSA) is 61.0 Å². The molecule has 4 aromatic rings. The summed E-state index contributed by atoms with van der Waals surface area (Å²) in [6.07, 6.45) is 3.29. The highest BCUT2D eigenvalue weighted by Gasteiger charge is 2.11. The summed E-state index contributed by atoms with van der Waals surface area (Å²) in [5.41, 5.74) is 0.858. The number of halogens is 1. The molecule has 3 heterocycles. The molecule has 0 radical (unpaired) electrons. The number of rotatable bonds is 5. The van der Waals surface area contributed by atoms with Gasteiger partial charge >= 0.3 is 0 Å². The highest BCUT2D eigenvalue weighted by molar-refractivity contribution is 7.98. The van der Waals surface area contributed by atoms with Gasteiger partial charge in [0.1, 0.15) is 21.9 Å². The zero-order chi connectivity index (χ0) is 17.2. The average molecular weight is 390 g/mol. The molecule has 1 aromatic carbocycles. The van der Waals surface area contributed by atoms with E-state index in [0.29, 0.717) is 28.2 Å². The van der Waals surface area contributed by atoms with Crippen molar-refractivity contribution in [2.75, 3.05) is 7.11 Å². The number of thioether (sulfide) groups is 1. The van der Waals surface area contributed by atoms with Crippen LogP contribution >= 0.6 is 34.7 Å². The minimum absolute atomic E-state index is 0.535. The number of fused-ring (bicyclic) bond motifs is 1. The van der Waals surface area contributed by atoms with E-state index in [2.05, 4.69) is 15.0 Å². The first kappa shape index (κ1) is 16.4. The Balaban J connectivity index is 1.52. The number of oxazole rings is 1. The number of benzene rings is 1. The molecule has 0 fully saturated rings. The second-order valence-electron chi connectivity index (χ2n) is 5.07. The van der Waals surface area contributed by atoms with Gasteiger partial charge in [-0.3, -0.25) is 0 Å². The molecule has 8 heteroatoms. The van der Waals surface area contributed by atoms with E-state index in [1.165, 1.54) is 0 Å². The number of methoxy groups -OCH3 is 1. The van der Waals surface area contributed by atoms with Crippen LogP contribution in [0.4, 0.5) is 0 Å². The van der Waals surface area contributed by atoms with Crippen LogP contribution in [0.3, 0.4) is 0 Å². The Hall–Kier alpha value is -2.09. The van der Waals surface area contributed by atoms with Gasteiger partial charge < -0.3 is 9.15 Å². The minimum atomic E-state index is 0.535. The molecule has 5 nitrogen and oxygen atoms in total. The third-order valence-electron chi connectivity index (χ3n) is 3.55. The van der Waals surface area contributed by atoms with Crippen molar-refractivity contribution in [2.24, 2.45) is 0 Å². The normalized spacial score (nSPS) is 11.1. The largest absolute Gasteiger partial charge is 0.495 e. The van der Waals surface area contributed by atoms with Crippen molar-refractivity contribution < 1.29 is 9.15 Å². The van der Waals surface area contributed by atoms with E-state index < -0.39 is 0 Å². The smallest absolute Gasteiger partial charge is 0.205 e. The summed E-state index contributed by atoms with van der Waals surface area (Å²) >= 11 is 9.35. The molecule has 0 aliphatic carbocycles. The van der Waals surface area contributed by atoms with E-state index in [-0.39, 0.29) is 0 Å². The molecule has 25 heavy (non-hydrogen) atoms. The quantitative estimate of drug-likeness (QED) is 0.341. The lowest BCUT2D eigenvalue weighted by molar-refractivity contribution is 0.415. The molecule has 0 unspecified atom stereocenters. The Labute approximate surface area is 157 Å². The van der Waals surface area contributed by atoms with Crippen molar-refractivity contribution >= 4 is 44.9 Å². The zero-order valence-corrected chi connectivity index (χ0v) is 15.5. The second kappa shape index (κ2) is 7.03. The van der Waals surface area contributed by atoms with Gasteiger partial charge in [0.2, 0.25) is 5.89 Å². The molecule has 4 rings (SSSR count). The molecule has 126 valence electrons. The van der Waals surface area contributed by atoms with Gasteiger partial charge in [0, 0.05) is 10.9 Å². The van der Waals surface area contributed by atoms with Crippen LogP contribution in [0.15, 0.2) is 51.6 Å². The Bertz CT molecular complexity index is 1030. The zero-order valence-electron chi connectivity index (χ0n) is 13.1. The number of ether oxygens (including phenoxy) is 1. The van der Waals surface area contributed by atoms with Gasteiger partial charge in [-0.15, -0.1) is 11.3 Å². The van der Waals surface area contributed by atoms with Gasteiger partial charge in [0.15, 0.2) is 5.76 Å². The molecule has 3 aromatic heterocycles. The van der Waals surface area contributed by atoms with Gasteiger partial charge in [0.05, 0.1) is 24.1 Å². The lowest BCUT2D eigenvalue weighted by Gasteiger charge is -2.03. The maximum Gasteiger partial charge on any atom is 0.205 e. The number of hydrogen-bond acceptors (Lipinski definition) is 7. The van der Waals surface area contributed by atoms with Crippen molar-refractivity contribution in [3.63, 3.8) is 0 Å². The Kier molecular flexibility index (Phi) is 4.61. The number of hydrogen-bond donors (Lipinski definition) is 0. The summed E-state index contributed by atoms with van der Waals surface area (Å²) in [7, 11) is 1.59. The van der Waals surface area contributed by atoms with Gasteiger partial charge in [-0.2, -0.15) is 0 Å². The molecular formula is C17H12ClN3O2S2. The predicted octanol–water partition coefficient (Wildman–Crippen LogP) is 5.30. The van der Waals surface area contributed by atoms with Gasteiger partial charge in [0.25, 0.3) is 0 Å². The molecule has 0 bridgehead atoms. The maximum atomic E-state index is 6.17. The molecule has 0 saturated heterocycles. The van der Waals surface area contributed by atoms with Crippen molar-refractivity contribution in [3.8, 4) is 17.1 Å². The SMILES string of the molecule is COc1ccc(-c2cnc(CSc3ncnc4sccc34)o2)cc1Cl. The molecule has 0 aliphatic rings. The van der Waals surface area contributed by atoms with Crippen LogP contribution < -0.4 is 4.74 Å². The maximum absolute atomic E-state index is 6.17. The Morgan fingerprint density at radius 1 is 1.24 bits per heavy atom. The Morgan fingerprint density at radius 3 is 3.00 bits per heavy atom. The van der Waals surface area contributed by atoms with Crippen LogP contribution in [0.25, 0.3) is 21.5 Å². The Morgan fingerprint density at radius 2 is 2.16 bits per heavy atom. The van der Waals surface area contributed by atoms with Gasteiger partial charge in [-0.1, -0.05) is 23.4 Å². The highest BCUT2D eigenvalue weighted by Crippen LogP contribution is 2.33. The lowest BCUT2D eigenvalue weighted by atomic mass is 10.2. The average Bonchev–Trinajstić information content (AvgIpc) is 3.29. The first-order valence-corrected chi connectivity index (χ1v) is 9.58. The summed E-state index contributed by atoms with van der Waals surface area (Å²) in [5, 5.41) is 4.54. The van der Waals surface area contributed by atoms with E-state index in [1.54, 1.807) is 48.8 Å². The molecular weight excluding hydrogens is 378 g/mol. The summed E-state index contributed by atoms with van der Waals surface area (Å²) in [4.78, 5) is 13.9. The summed E-state index contributed by atoms with van der Waals surface area (Å²) in [6, 6.07) is 7.53. The van der Waals surface area contributed by atoms with Crippen molar-refractivity contribution in [3.05, 3.63) is 53.1 Å². The van der Waals surface area contributed by atoms with Crippen LogP contribution in [-0.2, 0) is 5.75 Å². The van der Waals surface area contributed by atoms with E-state index in [4.69, 9.17) is 20.8 Å². The number of nitrogens with zero attached hydrogens (tertiary/aromatic N) is 3. The van der Waals surface area contributed by atoms with Gasteiger partial charge in [-0.05, 0) is 29.6 Å². The van der Waals surface area contributed by atoms with Crippen molar-refractivity contribution in [2.45, 2.75) is 10.8 Å². The number of aromatic nitrogens is 3. The van der Waals surface area contributed by atoms with Crippen LogP contribution in [-0.4, -0.2) is 22.1 Å². The van der Waals surface area contributed by atoms with Crippen LogP contribution in [0.2, 0.25) is 5.02 Å². The van der Waals surface area contributed by atoms with Crippen LogP contribution in [0, 0.1) is 0 Å². The van der Waals surface area contributed by atoms with Gasteiger partial charge in [-0.25, -0.2) is 15.0 Å². The van der Waals surface area contributed by atoms with E-state index in [9.17, 15) is 0 Å². The molecule has 0 atom stereocenters. The molecule has 0 N–H and O–H groups in total. The molecule has 0 spiro atoms. The van der Waals surface area contributed by atoms with E-state index >= 15 is 0 Å². The highest BCUT2D eigenvalue weighted by atomic mass is 35.5. The lowest BCUT2D eigenvalue weighted by Crippen LogP contribution is -1.85. The van der Waals surface area contributed by atoms with Crippen molar-refractivity contribution in [1.82, 2.24) is 15.0 Å². The second-order valence-corrected chi connectivity index (χ2v) is 7.34. The summed E-state index contributed by atoms with van der Waals surface area (Å²) in [5.74, 6) is 2.52. The van der Waals surface area contributed by atoms with E-state index in [1.807, 2.05) is 23.6 Å². The third kappa shape index (κ3) is 3.35. The summed E-state index contributed by atoms with van der Waals surface area (Å²) in [6.45, 7) is 0. The van der Waals surface area contributed by atoms with E-state index in [0.717, 1.165) is 20.8 Å². The van der Waals surface area contributed by atoms with Crippen LogP contribution in [0.1, 0.15) is 5.89 Å².